The molecule has 0 aromatic heterocycles. The molecule has 0 radical (unpaired) electrons. The number of nitrogens with zero attached hydrogens (tertiary/aromatic N) is 2. The van der Waals surface area contributed by atoms with E-state index in [4.69, 9.17) is 0 Å². The minimum atomic E-state index is -1.66. The summed E-state index contributed by atoms with van der Waals surface area (Å²) in [5.41, 5.74) is 1.19. The molecule has 1 saturated heterocycles. The molecule has 0 N–H and O–H groups in total. The molecule has 1 aliphatic rings. The molecule has 3 rings (SSSR count). The Hall–Kier alpha value is -2.83. The van der Waals surface area contributed by atoms with E-state index in [0.717, 1.165) is 17.7 Å². The van der Waals surface area contributed by atoms with E-state index in [0.29, 0.717) is 11.5 Å². The molecule has 2 amide bonds. The van der Waals surface area contributed by atoms with Crippen molar-refractivity contribution in [2.24, 2.45) is 0 Å². The van der Waals surface area contributed by atoms with Crippen LogP contribution in [0.1, 0.15) is 46.0 Å². The zero-order valence-electron chi connectivity index (χ0n) is 15.7. The van der Waals surface area contributed by atoms with Crippen LogP contribution in [0.4, 0.5) is 13.2 Å². The number of hydrogen-bond donors (Lipinski definition) is 0. The Bertz CT molecular complexity index is 889. The Morgan fingerprint density at radius 1 is 0.786 bits per heavy atom. The summed E-state index contributed by atoms with van der Waals surface area (Å²) in [5.74, 6) is -4.98. The lowest BCUT2D eigenvalue weighted by Gasteiger charge is -2.35. The molecule has 1 heterocycles. The molecule has 0 unspecified atom stereocenters. The Morgan fingerprint density at radius 3 is 1.86 bits per heavy atom. The topological polar surface area (TPSA) is 40.6 Å². The number of amides is 2. The van der Waals surface area contributed by atoms with Gasteiger partial charge in [0.2, 0.25) is 0 Å². The minimum Gasteiger partial charge on any atom is -0.335 e. The monoisotopic (exact) mass is 390 g/mol. The second-order valence-corrected chi connectivity index (χ2v) is 7.08. The Balaban J connectivity index is 1.65. The van der Waals surface area contributed by atoms with Gasteiger partial charge in [-0.1, -0.05) is 26.0 Å². The average molecular weight is 390 g/mol. The van der Waals surface area contributed by atoms with Crippen molar-refractivity contribution < 1.29 is 22.8 Å². The lowest BCUT2D eigenvalue weighted by Crippen LogP contribution is -2.50. The molecule has 7 heteroatoms. The lowest BCUT2D eigenvalue weighted by atomic mass is 10.0. The van der Waals surface area contributed by atoms with Crippen molar-refractivity contribution in [3.63, 3.8) is 0 Å². The molecule has 28 heavy (non-hydrogen) atoms. The second kappa shape index (κ2) is 8.04. The van der Waals surface area contributed by atoms with Crippen LogP contribution in [0.2, 0.25) is 0 Å². The third-order valence-corrected chi connectivity index (χ3v) is 4.94. The third-order valence-electron chi connectivity index (χ3n) is 4.94. The van der Waals surface area contributed by atoms with Gasteiger partial charge in [0.05, 0.1) is 5.56 Å². The van der Waals surface area contributed by atoms with Crippen molar-refractivity contribution >= 4 is 11.8 Å². The van der Waals surface area contributed by atoms with Crippen LogP contribution in [0.3, 0.4) is 0 Å². The van der Waals surface area contributed by atoms with Gasteiger partial charge in [-0.2, -0.15) is 0 Å². The zero-order chi connectivity index (χ0) is 20.4. The number of rotatable bonds is 3. The molecule has 2 aromatic carbocycles. The molecule has 148 valence electrons. The number of carbonyl (C=O) groups is 2. The molecular weight excluding hydrogens is 369 g/mol. The van der Waals surface area contributed by atoms with Crippen LogP contribution in [0.15, 0.2) is 36.4 Å². The van der Waals surface area contributed by atoms with Crippen LogP contribution >= 0.6 is 0 Å². The minimum absolute atomic E-state index is 0.138. The first kappa shape index (κ1) is 19.9. The van der Waals surface area contributed by atoms with Crippen LogP contribution in [-0.2, 0) is 0 Å². The highest BCUT2D eigenvalue weighted by atomic mass is 19.2. The highest BCUT2D eigenvalue weighted by Crippen LogP contribution is 2.19. The van der Waals surface area contributed by atoms with Gasteiger partial charge >= 0.3 is 0 Å². The van der Waals surface area contributed by atoms with Crippen LogP contribution in [0.25, 0.3) is 0 Å². The predicted octanol–water partition coefficient (Wildman–Crippen LogP) is 3.83. The molecule has 1 fully saturated rings. The van der Waals surface area contributed by atoms with E-state index in [2.05, 4.69) is 13.8 Å². The largest absolute Gasteiger partial charge is 0.335 e. The third kappa shape index (κ3) is 3.88. The van der Waals surface area contributed by atoms with Crippen LogP contribution in [0, 0.1) is 17.5 Å². The van der Waals surface area contributed by atoms with Gasteiger partial charge in [0.1, 0.15) is 0 Å². The van der Waals surface area contributed by atoms with Crippen molar-refractivity contribution in [2.75, 3.05) is 26.2 Å². The summed E-state index contributed by atoms with van der Waals surface area (Å²) in [4.78, 5) is 28.0. The van der Waals surface area contributed by atoms with E-state index in [1.54, 1.807) is 17.0 Å². The van der Waals surface area contributed by atoms with Crippen LogP contribution in [0.5, 0.6) is 0 Å². The molecule has 0 aliphatic carbocycles. The van der Waals surface area contributed by atoms with Crippen LogP contribution in [-0.4, -0.2) is 47.8 Å². The number of piperazine rings is 1. The highest BCUT2D eigenvalue weighted by molar-refractivity contribution is 5.96. The second-order valence-electron chi connectivity index (χ2n) is 7.08. The van der Waals surface area contributed by atoms with Crippen molar-refractivity contribution in [3.05, 3.63) is 70.5 Å². The van der Waals surface area contributed by atoms with E-state index in [9.17, 15) is 22.8 Å². The number of hydrogen-bond acceptors (Lipinski definition) is 2. The fourth-order valence-corrected chi connectivity index (χ4v) is 3.17. The molecule has 0 atom stereocenters. The fourth-order valence-electron chi connectivity index (χ4n) is 3.17. The van der Waals surface area contributed by atoms with Crippen molar-refractivity contribution in [3.8, 4) is 0 Å². The maximum absolute atomic E-state index is 13.9. The average Bonchev–Trinajstić information content (AvgIpc) is 2.71. The van der Waals surface area contributed by atoms with Crippen molar-refractivity contribution in [2.45, 2.75) is 19.8 Å². The molecule has 1 aliphatic heterocycles. The Kier molecular flexibility index (Phi) is 5.72. The van der Waals surface area contributed by atoms with Gasteiger partial charge < -0.3 is 9.80 Å². The van der Waals surface area contributed by atoms with Gasteiger partial charge in [-0.05, 0) is 35.7 Å². The van der Waals surface area contributed by atoms with E-state index in [1.165, 1.54) is 4.90 Å². The molecule has 0 saturated carbocycles. The first-order valence-corrected chi connectivity index (χ1v) is 9.11. The number of benzene rings is 2. The first-order valence-electron chi connectivity index (χ1n) is 9.11. The summed E-state index contributed by atoms with van der Waals surface area (Å²) >= 11 is 0. The zero-order valence-corrected chi connectivity index (χ0v) is 15.7. The first-order chi connectivity index (χ1) is 13.3. The molecule has 4 nitrogen and oxygen atoms in total. The highest BCUT2D eigenvalue weighted by Gasteiger charge is 2.28. The quantitative estimate of drug-likeness (QED) is 0.748. The van der Waals surface area contributed by atoms with Crippen LogP contribution < -0.4 is 0 Å². The summed E-state index contributed by atoms with van der Waals surface area (Å²) in [6, 6.07) is 9.07. The predicted molar refractivity (Wildman–Crippen MR) is 98.7 cm³/mol. The summed E-state index contributed by atoms with van der Waals surface area (Å²) < 4.78 is 40.3. The maximum Gasteiger partial charge on any atom is 0.257 e. The molecule has 2 aromatic rings. The smallest absolute Gasteiger partial charge is 0.257 e. The molecule has 0 bridgehead atoms. The van der Waals surface area contributed by atoms with Gasteiger partial charge in [0, 0.05) is 31.7 Å². The Labute approximate surface area is 161 Å². The van der Waals surface area contributed by atoms with Gasteiger partial charge in [0.25, 0.3) is 11.8 Å². The van der Waals surface area contributed by atoms with Crippen molar-refractivity contribution in [1.82, 2.24) is 9.80 Å². The van der Waals surface area contributed by atoms with Crippen molar-refractivity contribution in [1.29, 1.82) is 0 Å². The standard InChI is InChI=1S/C21H21F3N2O2/c1-13(2)14-3-5-15(6-4-14)20(27)25-9-11-26(12-10-25)21(28)16-7-8-17(22)19(24)18(16)23/h3-8,13H,9-12H2,1-2H3. The van der Waals surface area contributed by atoms with E-state index < -0.39 is 28.9 Å². The summed E-state index contributed by atoms with van der Waals surface area (Å²) in [7, 11) is 0. The SMILES string of the molecule is CC(C)c1ccc(C(=O)N2CCN(C(=O)c3ccc(F)c(F)c3F)CC2)cc1. The molecule has 0 spiro atoms. The lowest BCUT2D eigenvalue weighted by molar-refractivity contribution is 0.0532. The normalized spacial score (nSPS) is 14.5. The van der Waals surface area contributed by atoms with Gasteiger partial charge in [-0.15, -0.1) is 0 Å². The van der Waals surface area contributed by atoms with E-state index in [1.807, 2.05) is 12.1 Å². The summed E-state index contributed by atoms with van der Waals surface area (Å²) in [6.07, 6.45) is 0. The van der Waals surface area contributed by atoms with Gasteiger partial charge in [0.15, 0.2) is 17.5 Å². The fraction of sp³-hybridized carbons (Fsp3) is 0.333. The van der Waals surface area contributed by atoms with Gasteiger partial charge in [-0.25, -0.2) is 13.2 Å². The van der Waals surface area contributed by atoms with E-state index >= 15 is 0 Å². The number of halogens is 3. The number of carbonyl (C=O) groups excluding carboxylic acids is 2. The molecular formula is C21H21F3N2O2. The van der Waals surface area contributed by atoms with Gasteiger partial charge in [-0.3, -0.25) is 9.59 Å². The van der Waals surface area contributed by atoms with E-state index in [-0.39, 0.29) is 32.1 Å². The maximum atomic E-state index is 13.9. The Morgan fingerprint density at radius 2 is 1.32 bits per heavy atom. The summed E-state index contributed by atoms with van der Waals surface area (Å²) in [5, 5.41) is 0. The summed E-state index contributed by atoms with van der Waals surface area (Å²) in [6.45, 7) is 5.08.